The van der Waals surface area contributed by atoms with Crippen LogP contribution in [0.25, 0.3) is 0 Å². The molecule has 1 amide bonds. The molecule has 2 fully saturated rings. The molecule has 0 bridgehead atoms. The Morgan fingerprint density at radius 1 is 1.40 bits per heavy atom. The third-order valence-corrected chi connectivity index (χ3v) is 6.77. The standard InChI is InChI=1S/C16H26N4O4S/c1-20(6-4-18(5-7-20)3-2-8-21)9-11-10-25-15-12(17)14(22)19(15)13(11)16(23)24/h12,15,21H,2-10,17H2,1H3/p+1. The molecule has 8 nitrogen and oxygen atoms in total. The van der Waals surface area contributed by atoms with Crippen molar-refractivity contribution >= 4 is 23.6 Å². The van der Waals surface area contributed by atoms with E-state index in [1.807, 2.05) is 0 Å². The Bertz CT molecular complexity index is 589. The first kappa shape index (κ1) is 18.7. The molecule has 2 atom stereocenters. The summed E-state index contributed by atoms with van der Waals surface area (Å²) in [4.78, 5) is 27.5. The van der Waals surface area contributed by atoms with E-state index in [0.717, 1.165) is 49.2 Å². The molecular weight excluding hydrogens is 344 g/mol. The number of aliphatic hydroxyl groups excluding tert-OH is 1. The zero-order valence-corrected chi connectivity index (χ0v) is 15.4. The summed E-state index contributed by atoms with van der Waals surface area (Å²) in [5, 5.41) is 18.4. The van der Waals surface area contributed by atoms with Gasteiger partial charge in [0.1, 0.15) is 23.7 Å². The van der Waals surface area contributed by atoms with Gasteiger partial charge in [-0.15, -0.1) is 11.8 Å². The Morgan fingerprint density at radius 3 is 2.68 bits per heavy atom. The lowest BCUT2D eigenvalue weighted by atomic mass is 10.0. The lowest BCUT2D eigenvalue weighted by molar-refractivity contribution is -0.909. The quantitative estimate of drug-likeness (QED) is 0.394. The van der Waals surface area contributed by atoms with E-state index in [0.29, 0.717) is 12.3 Å². The van der Waals surface area contributed by atoms with E-state index in [1.54, 1.807) is 11.8 Å². The summed E-state index contributed by atoms with van der Waals surface area (Å²) in [6, 6.07) is -0.583. The van der Waals surface area contributed by atoms with Crippen molar-refractivity contribution in [2.45, 2.75) is 17.8 Å². The second-order valence-electron chi connectivity index (χ2n) is 7.34. The molecule has 0 aromatic carbocycles. The molecule has 140 valence electrons. The number of nitrogens with zero attached hydrogens (tertiary/aromatic N) is 3. The molecular formula is C16H27N4O4S+. The van der Waals surface area contributed by atoms with Crippen LogP contribution < -0.4 is 5.73 Å². The van der Waals surface area contributed by atoms with E-state index in [9.17, 15) is 14.7 Å². The Kier molecular flexibility index (Phi) is 5.40. The minimum absolute atomic E-state index is 0.150. The van der Waals surface area contributed by atoms with Gasteiger partial charge in [-0.05, 0) is 6.42 Å². The SMILES string of the molecule is C[N+]1(CC2=C(C(=O)O)N3C(=O)C(N)C3SC2)CCN(CCCO)CC1. The summed E-state index contributed by atoms with van der Waals surface area (Å²) >= 11 is 1.56. The minimum Gasteiger partial charge on any atom is -0.477 e. The van der Waals surface area contributed by atoms with Crippen LogP contribution in [-0.4, -0.2) is 106 Å². The lowest BCUT2D eigenvalue weighted by Crippen LogP contribution is -2.69. The number of carboxylic acids is 1. The summed E-state index contributed by atoms with van der Waals surface area (Å²) in [5.41, 5.74) is 6.78. The van der Waals surface area contributed by atoms with Gasteiger partial charge in [-0.2, -0.15) is 0 Å². The van der Waals surface area contributed by atoms with Crippen molar-refractivity contribution in [3.63, 3.8) is 0 Å². The van der Waals surface area contributed by atoms with E-state index >= 15 is 0 Å². The molecule has 2 saturated heterocycles. The van der Waals surface area contributed by atoms with Gasteiger partial charge in [-0.25, -0.2) is 4.79 Å². The maximum Gasteiger partial charge on any atom is 0.352 e. The smallest absolute Gasteiger partial charge is 0.352 e. The molecule has 0 aromatic rings. The maximum absolute atomic E-state index is 12.0. The lowest BCUT2D eigenvalue weighted by Gasteiger charge is -2.49. The van der Waals surface area contributed by atoms with Gasteiger partial charge in [0.25, 0.3) is 0 Å². The van der Waals surface area contributed by atoms with Crippen LogP contribution >= 0.6 is 11.8 Å². The summed E-state index contributed by atoms with van der Waals surface area (Å²) in [7, 11) is 2.15. The van der Waals surface area contributed by atoms with E-state index in [2.05, 4.69) is 11.9 Å². The van der Waals surface area contributed by atoms with Crippen molar-refractivity contribution in [3.8, 4) is 0 Å². The van der Waals surface area contributed by atoms with Crippen molar-refractivity contribution in [1.82, 2.24) is 9.80 Å². The van der Waals surface area contributed by atoms with E-state index in [4.69, 9.17) is 10.8 Å². The van der Waals surface area contributed by atoms with Crippen LogP contribution in [0.4, 0.5) is 0 Å². The number of carbonyl (C=O) groups excluding carboxylic acids is 1. The van der Waals surface area contributed by atoms with E-state index in [1.165, 1.54) is 4.90 Å². The van der Waals surface area contributed by atoms with Crippen LogP contribution in [0.1, 0.15) is 6.42 Å². The minimum atomic E-state index is -1.03. The Morgan fingerprint density at radius 2 is 2.08 bits per heavy atom. The number of β-lactam (4-membered cyclic amide) rings is 1. The predicted octanol–water partition coefficient (Wildman–Crippen LogP) is -1.29. The molecule has 3 aliphatic heterocycles. The van der Waals surface area contributed by atoms with Gasteiger partial charge in [-0.3, -0.25) is 14.6 Å². The number of carboxylic acid groups (broad SMARTS) is 1. The zero-order chi connectivity index (χ0) is 18.2. The molecule has 0 aromatic heterocycles. The normalized spacial score (nSPS) is 29.4. The largest absolute Gasteiger partial charge is 0.477 e. The number of aliphatic carboxylic acids is 1. The van der Waals surface area contributed by atoms with Crippen LogP contribution in [0.3, 0.4) is 0 Å². The third kappa shape index (κ3) is 3.56. The van der Waals surface area contributed by atoms with Crippen molar-refractivity contribution < 1.29 is 24.3 Å². The fourth-order valence-electron chi connectivity index (χ4n) is 3.83. The highest BCUT2D eigenvalue weighted by molar-refractivity contribution is 8.00. The van der Waals surface area contributed by atoms with Crippen LogP contribution in [0.2, 0.25) is 0 Å². The number of rotatable bonds is 6. The summed E-state index contributed by atoms with van der Waals surface area (Å²) < 4.78 is 0.779. The van der Waals surface area contributed by atoms with E-state index in [-0.39, 0.29) is 23.6 Å². The van der Waals surface area contributed by atoms with Gasteiger partial charge in [-0.1, -0.05) is 0 Å². The number of likely N-dealkylation sites (N-methyl/N-ethyl adjacent to an activating group) is 1. The summed E-state index contributed by atoms with van der Waals surface area (Å²) in [6.45, 7) is 5.51. The van der Waals surface area contributed by atoms with Crippen LogP contribution in [0, 0.1) is 0 Å². The molecule has 3 heterocycles. The molecule has 2 unspecified atom stereocenters. The summed E-state index contributed by atoms with van der Waals surface area (Å²) in [5.74, 6) is -0.705. The number of hydrogen-bond donors (Lipinski definition) is 3. The molecule has 0 aliphatic carbocycles. The number of fused-ring (bicyclic) bond motifs is 1. The van der Waals surface area contributed by atoms with Gasteiger partial charge < -0.3 is 20.4 Å². The second-order valence-corrected chi connectivity index (χ2v) is 8.44. The number of nitrogens with two attached hydrogens (primary N) is 1. The number of aliphatic hydroxyl groups is 1. The fourth-order valence-corrected chi connectivity index (χ4v) is 5.11. The van der Waals surface area contributed by atoms with Gasteiger partial charge in [0, 0.05) is 37.6 Å². The number of amides is 1. The third-order valence-electron chi connectivity index (χ3n) is 5.41. The van der Waals surface area contributed by atoms with Gasteiger partial charge in [0.2, 0.25) is 5.91 Å². The first-order valence-electron chi connectivity index (χ1n) is 8.68. The predicted molar refractivity (Wildman–Crippen MR) is 94.7 cm³/mol. The number of piperazine rings is 1. The number of quaternary nitrogens is 1. The highest BCUT2D eigenvalue weighted by Crippen LogP contribution is 2.40. The first-order valence-corrected chi connectivity index (χ1v) is 9.73. The van der Waals surface area contributed by atoms with Gasteiger partial charge in [0.15, 0.2) is 0 Å². The summed E-state index contributed by atoms with van der Waals surface area (Å²) in [6.07, 6.45) is 0.785. The van der Waals surface area contributed by atoms with Gasteiger partial charge >= 0.3 is 5.97 Å². The van der Waals surface area contributed by atoms with Crippen molar-refractivity contribution in [1.29, 1.82) is 0 Å². The molecule has 3 rings (SSSR count). The Labute approximate surface area is 151 Å². The number of thioether (sulfide) groups is 1. The molecule has 0 spiro atoms. The van der Waals surface area contributed by atoms with Gasteiger partial charge in [0.05, 0.1) is 20.1 Å². The van der Waals surface area contributed by atoms with Crippen molar-refractivity contribution in [2.75, 3.05) is 58.7 Å². The van der Waals surface area contributed by atoms with Crippen LogP contribution in [0.5, 0.6) is 0 Å². The fraction of sp³-hybridized carbons (Fsp3) is 0.750. The van der Waals surface area contributed by atoms with E-state index < -0.39 is 12.0 Å². The molecule has 4 N–H and O–H groups in total. The maximum atomic E-state index is 12.0. The molecule has 3 aliphatic rings. The van der Waals surface area contributed by atoms with Crippen LogP contribution in [-0.2, 0) is 9.59 Å². The zero-order valence-electron chi connectivity index (χ0n) is 14.6. The first-order chi connectivity index (χ1) is 11.9. The average molecular weight is 371 g/mol. The monoisotopic (exact) mass is 371 g/mol. The van der Waals surface area contributed by atoms with Crippen molar-refractivity contribution in [3.05, 3.63) is 11.3 Å². The van der Waals surface area contributed by atoms with Crippen molar-refractivity contribution in [2.24, 2.45) is 5.73 Å². The Hall–Kier alpha value is -1.13. The second kappa shape index (κ2) is 7.24. The van der Waals surface area contributed by atoms with Crippen LogP contribution in [0.15, 0.2) is 11.3 Å². The topological polar surface area (TPSA) is 107 Å². The highest BCUT2D eigenvalue weighted by atomic mass is 32.2. The number of hydrogen-bond acceptors (Lipinski definition) is 6. The molecule has 25 heavy (non-hydrogen) atoms. The molecule has 9 heteroatoms. The molecule has 0 saturated carbocycles. The average Bonchev–Trinajstić information content (AvgIpc) is 2.59. The molecule has 0 radical (unpaired) electrons. The number of carbonyl (C=O) groups is 2. The highest BCUT2D eigenvalue weighted by Gasteiger charge is 2.52. The Balaban J connectivity index is 1.70.